The van der Waals surface area contributed by atoms with Crippen molar-refractivity contribution in [2.24, 2.45) is 0 Å². The van der Waals surface area contributed by atoms with Crippen molar-refractivity contribution < 1.29 is 4.79 Å². The summed E-state index contributed by atoms with van der Waals surface area (Å²) in [6.45, 7) is 2.21. The quantitative estimate of drug-likeness (QED) is 0.493. The van der Waals surface area contributed by atoms with Crippen molar-refractivity contribution in [2.75, 3.05) is 0 Å². The molecule has 0 N–H and O–H groups in total. The molecule has 0 fully saturated rings. The average Bonchev–Trinajstić information content (AvgIpc) is 2.76. The van der Waals surface area contributed by atoms with Gasteiger partial charge in [0.05, 0.1) is 0 Å². The average molecular weight is 225 g/mol. The molecule has 1 heterocycles. The van der Waals surface area contributed by atoms with Gasteiger partial charge >= 0.3 is 0 Å². The summed E-state index contributed by atoms with van der Waals surface area (Å²) in [7, 11) is 0. The van der Waals surface area contributed by atoms with Crippen LogP contribution in [-0.2, 0) is 0 Å². The van der Waals surface area contributed by atoms with Crippen molar-refractivity contribution >= 4 is 17.3 Å². The lowest BCUT2D eigenvalue weighted by molar-refractivity contribution is 0.0975. The predicted octanol–water partition coefficient (Wildman–Crippen LogP) is 4.08. The van der Waals surface area contributed by atoms with Gasteiger partial charge in [0.25, 0.3) is 0 Å². The number of rotatable bonds is 8. The number of aromatic nitrogens is 1. The van der Waals surface area contributed by atoms with Crippen LogP contribution >= 0.6 is 11.5 Å². The van der Waals surface area contributed by atoms with Crippen LogP contribution in [0.4, 0.5) is 0 Å². The van der Waals surface area contributed by atoms with Gasteiger partial charge in [-0.05, 0) is 24.0 Å². The molecule has 0 spiro atoms. The van der Waals surface area contributed by atoms with Crippen molar-refractivity contribution in [3.8, 4) is 0 Å². The molecule has 1 aromatic rings. The van der Waals surface area contributed by atoms with E-state index in [1.807, 2.05) is 11.4 Å². The Balaban J connectivity index is 2.03. The van der Waals surface area contributed by atoms with Crippen LogP contribution in [0.3, 0.4) is 0 Å². The largest absolute Gasteiger partial charge is 0.292 e. The molecular formula is C12H19NOS. The SMILES string of the molecule is CCCCCCCCC(=O)c1ccsn1. The highest BCUT2D eigenvalue weighted by Gasteiger charge is 2.06. The van der Waals surface area contributed by atoms with Gasteiger partial charge < -0.3 is 0 Å². The van der Waals surface area contributed by atoms with Crippen molar-refractivity contribution in [2.45, 2.75) is 51.9 Å². The molecule has 0 amide bonds. The lowest BCUT2D eigenvalue weighted by Crippen LogP contribution is -1.98. The molecule has 0 aliphatic rings. The summed E-state index contributed by atoms with van der Waals surface area (Å²) in [5.74, 6) is 0.201. The Kier molecular flexibility index (Phi) is 6.25. The normalized spacial score (nSPS) is 10.5. The van der Waals surface area contributed by atoms with Crippen molar-refractivity contribution in [3.05, 3.63) is 17.1 Å². The van der Waals surface area contributed by atoms with E-state index in [0.29, 0.717) is 12.1 Å². The van der Waals surface area contributed by atoms with E-state index in [0.717, 1.165) is 6.42 Å². The second-order valence-electron chi connectivity index (χ2n) is 3.83. The third-order valence-electron chi connectivity index (χ3n) is 2.48. The molecular weight excluding hydrogens is 206 g/mol. The maximum atomic E-state index is 11.5. The van der Waals surface area contributed by atoms with Crippen LogP contribution in [0.25, 0.3) is 0 Å². The van der Waals surface area contributed by atoms with E-state index in [2.05, 4.69) is 11.3 Å². The Bertz CT molecular complexity index is 269. The first-order valence-corrected chi connectivity index (χ1v) is 6.62. The van der Waals surface area contributed by atoms with E-state index in [4.69, 9.17) is 0 Å². The highest BCUT2D eigenvalue weighted by Crippen LogP contribution is 2.10. The van der Waals surface area contributed by atoms with Crippen LogP contribution in [-0.4, -0.2) is 10.2 Å². The molecule has 84 valence electrons. The predicted molar refractivity (Wildman–Crippen MR) is 64.4 cm³/mol. The standard InChI is InChI=1S/C12H19NOS/c1-2-3-4-5-6-7-8-12(14)11-9-10-15-13-11/h9-10H,2-8H2,1H3. The molecule has 15 heavy (non-hydrogen) atoms. The van der Waals surface area contributed by atoms with E-state index in [-0.39, 0.29) is 5.78 Å². The van der Waals surface area contributed by atoms with Gasteiger partial charge in [-0.25, -0.2) is 0 Å². The van der Waals surface area contributed by atoms with Crippen molar-refractivity contribution in [1.82, 2.24) is 4.37 Å². The fourth-order valence-corrected chi connectivity index (χ4v) is 2.08. The smallest absolute Gasteiger partial charge is 0.182 e. The van der Waals surface area contributed by atoms with E-state index in [1.165, 1.54) is 43.6 Å². The van der Waals surface area contributed by atoms with Gasteiger partial charge in [-0.15, -0.1) is 0 Å². The topological polar surface area (TPSA) is 30.0 Å². The lowest BCUT2D eigenvalue weighted by Gasteiger charge is -1.99. The van der Waals surface area contributed by atoms with Crippen LogP contribution in [0.1, 0.15) is 62.4 Å². The van der Waals surface area contributed by atoms with E-state index in [9.17, 15) is 4.79 Å². The highest BCUT2D eigenvalue weighted by molar-refractivity contribution is 7.03. The minimum atomic E-state index is 0.201. The minimum Gasteiger partial charge on any atom is -0.292 e. The van der Waals surface area contributed by atoms with E-state index >= 15 is 0 Å². The number of hydrogen-bond donors (Lipinski definition) is 0. The highest BCUT2D eigenvalue weighted by atomic mass is 32.1. The zero-order chi connectivity index (χ0) is 10.9. The number of carbonyl (C=O) groups excluding carboxylic acids is 1. The second kappa shape index (κ2) is 7.57. The van der Waals surface area contributed by atoms with Crippen molar-refractivity contribution in [3.63, 3.8) is 0 Å². The summed E-state index contributed by atoms with van der Waals surface area (Å²) >= 11 is 1.35. The van der Waals surface area contributed by atoms with Crippen LogP contribution in [0, 0.1) is 0 Å². The first kappa shape index (κ1) is 12.4. The summed E-state index contributed by atoms with van der Waals surface area (Å²) in [6.07, 6.45) is 8.02. The van der Waals surface area contributed by atoms with Crippen LogP contribution in [0.5, 0.6) is 0 Å². The number of carbonyl (C=O) groups is 1. The van der Waals surface area contributed by atoms with Gasteiger partial charge in [0.15, 0.2) is 5.78 Å². The second-order valence-corrected chi connectivity index (χ2v) is 4.49. The van der Waals surface area contributed by atoms with E-state index in [1.54, 1.807) is 0 Å². The molecule has 0 bridgehead atoms. The first-order chi connectivity index (χ1) is 7.34. The maximum absolute atomic E-state index is 11.5. The summed E-state index contributed by atoms with van der Waals surface area (Å²) in [5, 5.41) is 1.86. The molecule has 0 aliphatic carbocycles. The van der Waals surface area contributed by atoms with Gasteiger partial charge in [0.1, 0.15) is 5.69 Å². The Morgan fingerprint density at radius 2 is 2.00 bits per heavy atom. The zero-order valence-electron chi connectivity index (χ0n) is 9.37. The van der Waals surface area contributed by atoms with Gasteiger partial charge in [-0.2, -0.15) is 4.37 Å². The molecule has 0 radical (unpaired) electrons. The van der Waals surface area contributed by atoms with Crippen LogP contribution < -0.4 is 0 Å². The molecule has 3 heteroatoms. The Morgan fingerprint density at radius 3 is 2.67 bits per heavy atom. The molecule has 0 unspecified atom stereocenters. The van der Waals surface area contributed by atoms with Gasteiger partial charge in [0, 0.05) is 11.8 Å². The van der Waals surface area contributed by atoms with E-state index < -0.39 is 0 Å². The Labute approximate surface area is 95.9 Å². The molecule has 0 aromatic carbocycles. The third-order valence-corrected chi connectivity index (χ3v) is 3.04. The first-order valence-electron chi connectivity index (χ1n) is 5.78. The van der Waals surface area contributed by atoms with Crippen LogP contribution in [0.2, 0.25) is 0 Å². The molecule has 2 nitrogen and oxygen atoms in total. The Morgan fingerprint density at radius 1 is 1.27 bits per heavy atom. The molecule has 0 atom stereocenters. The summed E-state index contributed by atoms with van der Waals surface area (Å²) < 4.78 is 4.04. The maximum Gasteiger partial charge on any atom is 0.182 e. The monoisotopic (exact) mass is 225 g/mol. The molecule has 0 aliphatic heterocycles. The minimum absolute atomic E-state index is 0.201. The lowest BCUT2D eigenvalue weighted by atomic mass is 10.1. The summed E-state index contributed by atoms with van der Waals surface area (Å²) in [6, 6.07) is 1.81. The molecule has 0 saturated carbocycles. The fraction of sp³-hybridized carbons (Fsp3) is 0.667. The Hall–Kier alpha value is -0.700. The molecule has 0 saturated heterocycles. The van der Waals surface area contributed by atoms with Gasteiger partial charge in [-0.1, -0.05) is 39.0 Å². The number of unbranched alkanes of at least 4 members (excludes halogenated alkanes) is 5. The van der Waals surface area contributed by atoms with Crippen molar-refractivity contribution in [1.29, 1.82) is 0 Å². The zero-order valence-corrected chi connectivity index (χ0v) is 10.2. The summed E-state index contributed by atoms with van der Waals surface area (Å²) in [5.41, 5.74) is 0.647. The molecule has 1 aromatic heterocycles. The number of ketones is 1. The number of nitrogens with zero attached hydrogens (tertiary/aromatic N) is 1. The molecule has 1 rings (SSSR count). The van der Waals surface area contributed by atoms with Crippen LogP contribution in [0.15, 0.2) is 11.4 Å². The third kappa shape index (κ3) is 5.07. The number of hydrogen-bond acceptors (Lipinski definition) is 3. The fourth-order valence-electron chi connectivity index (χ4n) is 1.55. The van der Waals surface area contributed by atoms with Gasteiger partial charge in [0.2, 0.25) is 0 Å². The summed E-state index contributed by atoms with van der Waals surface area (Å²) in [4.78, 5) is 11.5. The number of Topliss-reactive ketones (excluding diaryl/α,β-unsaturated/α-hetero) is 1. The van der Waals surface area contributed by atoms with Gasteiger partial charge in [-0.3, -0.25) is 4.79 Å².